The molecule has 2 aromatic heterocycles. The van der Waals surface area contributed by atoms with Crippen LogP contribution in [0.4, 0.5) is 0 Å². The van der Waals surface area contributed by atoms with Crippen LogP contribution < -0.4 is 5.56 Å². The van der Waals surface area contributed by atoms with Crippen molar-refractivity contribution in [3.8, 4) is 11.4 Å². The van der Waals surface area contributed by atoms with E-state index in [2.05, 4.69) is 26.9 Å². The topological polar surface area (TPSA) is 75.0 Å². The summed E-state index contributed by atoms with van der Waals surface area (Å²) in [7, 11) is 0. The Labute approximate surface area is 116 Å². The molecule has 1 fully saturated rings. The average molecular weight is 274 g/mol. The molecule has 0 aromatic carbocycles. The van der Waals surface area contributed by atoms with Gasteiger partial charge in [-0.1, -0.05) is 12.1 Å². The minimum atomic E-state index is -0.202. The maximum absolute atomic E-state index is 11.7. The van der Waals surface area contributed by atoms with Crippen LogP contribution in [0.25, 0.3) is 11.4 Å². The van der Waals surface area contributed by atoms with E-state index in [1.807, 2.05) is 0 Å². The zero-order valence-electron chi connectivity index (χ0n) is 11.5. The van der Waals surface area contributed by atoms with Gasteiger partial charge in [-0.25, -0.2) is 0 Å². The number of rotatable bonds is 3. The standard InChI is InChI=1S/C14H18N4O2/c1-10-4-7-18(8-5-10)9-12-16-13(17-20-12)11-3-2-6-15-14(11)19/h2-3,6,10H,4-5,7-9H2,1H3,(H,15,19). The van der Waals surface area contributed by atoms with Gasteiger partial charge < -0.3 is 9.51 Å². The minimum Gasteiger partial charge on any atom is -0.338 e. The van der Waals surface area contributed by atoms with Crippen LogP contribution in [0, 0.1) is 5.92 Å². The van der Waals surface area contributed by atoms with Crippen molar-refractivity contribution in [3.63, 3.8) is 0 Å². The number of hydrogen-bond donors (Lipinski definition) is 1. The van der Waals surface area contributed by atoms with Gasteiger partial charge in [0.05, 0.1) is 12.1 Å². The molecule has 0 spiro atoms. The molecule has 1 N–H and O–H groups in total. The number of piperidine rings is 1. The molecule has 106 valence electrons. The molecule has 0 bridgehead atoms. The van der Waals surface area contributed by atoms with Gasteiger partial charge in [0.1, 0.15) is 0 Å². The van der Waals surface area contributed by atoms with Gasteiger partial charge in [-0.3, -0.25) is 9.69 Å². The summed E-state index contributed by atoms with van der Waals surface area (Å²) in [5.74, 6) is 1.72. The number of pyridine rings is 1. The average Bonchev–Trinajstić information content (AvgIpc) is 2.90. The monoisotopic (exact) mass is 274 g/mol. The predicted molar refractivity (Wildman–Crippen MR) is 74.0 cm³/mol. The summed E-state index contributed by atoms with van der Waals surface area (Å²) >= 11 is 0. The van der Waals surface area contributed by atoms with Crippen molar-refractivity contribution in [2.75, 3.05) is 13.1 Å². The normalized spacial score (nSPS) is 17.4. The first kappa shape index (κ1) is 13.1. The van der Waals surface area contributed by atoms with Crippen molar-refractivity contribution in [1.82, 2.24) is 20.0 Å². The van der Waals surface area contributed by atoms with E-state index in [1.54, 1.807) is 18.3 Å². The van der Waals surface area contributed by atoms with Crippen LogP contribution in [-0.4, -0.2) is 33.1 Å². The first-order chi connectivity index (χ1) is 9.72. The van der Waals surface area contributed by atoms with Crippen LogP contribution >= 0.6 is 0 Å². The molecule has 2 aromatic rings. The second kappa shape index (κ2) is 5.58. The second-order valence-corrected chi connectivity index (χ2v) is 5.38. The molecule has 0 saturated carbocycles. The van der Waals surface area contributed by atoms with Crippen LogP contribution in [0.5, 0.6) is 0 Å². The Morgan fingerprint density at radius 2 is 2.25 bits per heavy atom. The summed E-state index contributed by atoms with van der Waals surface area (Å²) in [5.41, 5.74) is 0.237. The number of hydrogen-bond acceptors (Lipinski definition) is 5. The van der Waals surface area contributed by atoms with Crippen LogP contribution in [0.15, 0.2) is 27.6 Å². The van der Waals surface area contributed by atoms with E-state index in [4.69, 9.17) is 4.52 Å². The number of aromatic amines is 1. The predicted octanol–water partition coefficient (Wildman–Crippen LogP) is 1.66. The van der Waals surface area contributed by atoms with E-state index in [9.17, 15) is 4.79 Å². The molecule has 3 rings (SSSR count). The van der Waals surface area contributed by atoms with Crippen molar-refractivity contribution >= 4 is 0 Å². The quantitative estimate of drug-likeness (QED) is 0.921. The fraction of sp³-hybridized carbons (Fsp3) is 0.500. The number of likely N-dealkylation sites (tertiary alicyclic amines) is 1. The van der Waals surface area contributed by atoms with Crippen molar-refractivity contribution in [2.45, 2.75) is 26.3 Å². The third-order valence-electron chi connectivity index (χ3n) is 3.76. The fourth-order valence-electron chi connectivity index (χ4n) is 2.44. The summed E-state index contributed by atoms with van der Waals surface area (Å²) in [6.07, 6.45) is 4.00. The third kappa shape index (κ3) is 2.80. The highest BCUT2D eigenvalue weighted by molar-refractivity contribution is 5.51. The van der Waals surface area contributed by atoms with Gasteiger partial charge >= 0.3 is 0 Å². The molecular formula is C14H18N4O2. The SMILES string of the molecule is CC1CCN(Cc2nc(-c3ccc[nH]c3=O)no2)CC1. The Hall–Kier alpha value is -1.95. The lowest BCUT2D eigenvalue weighted by molar-refractivity contribution is 0.165. The second-order valence-electron chi connectivity index (χ2n) is 5.38. The molecule has 6 nitrogen and oxygen atoms in total. The molecule has 0 amide bonds. The van der Waals surface area contributed by atoms with E-state index in [0.717, 1.165) is 19.0 Å². The molecule has 1 aliphatic heterocycles. The van der Waals surface area contributed by atoms with E-state index < -0.39 is 0 Å². The molecule has 1 saturated heterocycles. The van der Waals surface area contributed by atoms with E-state index in [-0.39, 0.29) is 5.56 Å². The lowest BCUT2D eigenvalue weighted by atomic mass is 9.99. The van der Waals surface area contributed by atoms with Gasteiger partial charge in [-0.15, -0.1) is 0 Å². The molecule has 3 heterocycles. The molecule has 0 unspecified atom stereocenters. The summed E-state index contributed by atoms with van der Waals surface area (Å²) in [6, 6.07) is 3.44. The van der Waals surface area contributed by atoms with Gasteiger partial charge in [0, 0.05) is 6.20 Å². The zero-order chi connectivity index (χ0) is 13.9. The Morgan fingerprint density at radius 3 is 3.00 bits per heavy atom. The number of nitrogens with zero attached hydrogens (tertiary/aromatic N) is 3. The van der Waals surface area contributed by atoms with Crippen LogP contribution in [0.3, 0.4) is 0 Å². The summed E-state index contributed by atoms with van der Waals surface area (Å²) in [4.78, 5) is 20.9. The lowest BCUT2D eigenvalue weighted by Crippen LogP contribution is -2.32. The number of aromatic nitrogens is 3. The van der Waals surface area contributed by atoms with Crippen molar-refractivity contribution in [1.29, 1.82) is 0 Å². The van der Waals surface area contributed by atoms with Crippen LogP contribution in [0.2, 0.25) is 0 Å². The zero-order valence-corrected chi connectivity index (χ0v) is 11.5. The highest BCUT2D eigenvalue weighted by atomic mass is 16.5. The summed E-state index contributed by atoms with van der Waals surface area (Å²) in [5, 5.41) is 3.89. The van der Waals surface area contributed by atoms with Gasteiger partial charge in [0.15, 0.2) is 0 Å². The molecule has 0 aliphatic carbocycles. The highest BCUT2D eigenvalue weighted by Gasteiger charge is 2.19. The Morgan fingerprint density at radius 1 is 1.45 bits per heavy atom. The van der Waals surface area contributed by atoms with Crippen molar-refractivity contribution in [3.05, 3.63) is 34.6 Å². The fourth-order valence-corrected chi connectivity index (χ4v) is 2.44. The number of H-pyrrole nitrogens is 1. The maximum Gasteiger partial charge on any atom is 0.259 e. The van der Waals surface area contributed by atoms with E-state index >= 15 is 0 Å². The summed E-state index contributed by atoms with van der Waals surface area (Å²) < 4.78 is 5.25. The van der Waals surface area contributed by atoms with Gasteiger partial charge in [0.25, 0.3) is 5.56 Å². The van der Waals surface area contributed by atoms with E-state index in [0.29, 0.717) is 23.8 Å². The molecule has 20 heavy (non-hydrogen) atoms. The molecule has 0 atom stereocenters. The Balaban J connectivity index is 1.71. The lowest BCUT2D eigenvalue weighted by Gasteiger charge is -2.28. The van der Waals surface area contributed by atoms with Gasteiger partial charge in [-0.2, -0.15) is 4.98 Å². The summed E-state index contributed by atoms with van der Waals surface area (Å²) in [6.45, 7) is 5.06. The first-order valence-corrected chi connectivity index (χ1v) is 6.95. The van der Waals surface area contributed by atoms with Crippen molar-refractivity contribution < 1.29 is 4.52 Å². The first-order valence-electron chi connectivity index (χ1n) is 6.95. The third-order valence-corrected chi connectivity index (χ3v) is 3.76. The smallest absolute Gasteiger partial charge is 0.259 e. The molecule has 0 radical (unpaired) electrons. The molecule has 1 aliphatic rings. The number of nitrogens with one attached hydrogen (secondary N) is 1. The van der Waals surface area contributed by atoms with Crippen LogP contribution in [0.1, 0.15) is 25.7 Å². The van der Waals surface area contributed by atoms with Gasteiger partial charge in [0.2, 0.25) is 11.7 Å². The Kier molecular flexibility index (Phi) is 3.64. The van der Waals surface area contributed by atoms with Gasteiger partial charge in [-0.05, 0) is 44.0 Å². The largest absolute Gasteiger partial charge is 0.338 e. The van der Waals surface area contributed by atoms with Crippen molar-refractivity contribution in [2.24, 2.45) is 5.92 Å². The van der Waals surface area contributed by atoms with E-state index in [1.165, 1.54) is 12.8 Å². The molecule has 6 heteroatoms. The Bertz CT molecular complexity index is 626. The minimum absolute atomic E-state index is 0.202. The molecular weight excluding hydrogens is 256 g/mol. The maximum atomic E-state index is 11.7. The highest BCUT2D eigenvalue weighted by Crippen LogP contribution is 2.18. The van der Waals surface area contributed by atoms with Crippen LogP contribution in [-0.2, 0) is 6.54 Å².